The number of para-hydroxylation sites is 2. The highest BCUT2D eigenvalue weighted by Gasteiger charge is 2.45. The van der Waals surface area contributed by atoms with Gasteiger partial charge >= 0.3 is 11.4 Å². The Morgan fingerprint density at radius 2 is 1.13 bits per heavy atom. The van der Waals surface area contributed by atoms with Crippen LogP contribution in [0, 0.1) is 0 Å². The fraction of sp³-hybridized carbons (Fsp3) is 0.371. The lowest BCUT2D eigenvalue weighted by Gasteiger charge is -2.18. The van der Waals surface area contributed by atoms with E-state index in [0.29, 0.717) is 22.4 Å². The molecule has 20 heteroatoms. The minimum atomic E-state index is -1.43. The first-order valence-electron chi connectivity index (χ1n) is 17.1. The van der Waals surface area contributed by atoms with Crippen LogP contribution in [0.25, 0.3) is 21.9 Å². The molecular formula is C35H37N7O13. The number of ether oxygens (including phenoxy) is 2. The second kappa shape index (κ2) is 15.3. The second-order valence-electron chi connectivity index (χ2n) is 13.0. The van der Waals surface area contributed by atoms with E-state index in [-0.39, 0.29) is 13.1 Å². The van der Waals surface area contributed by atoms with E-state index in [4.69, 9.17) is 14.0 Å². The van der Waals surface area contributed by atoms with Crippen LogP contribution < -0.4 is 22.5 Å². The highest BCUT2D eigenvalue weighted by Crippen LogP contribution is 2.29. The maximum absolute atomic E-state index is 12.9. The largest absolute Gasteiger partial charge is 0.394 e. The van der Waals surface area contributed by atoms with E-state index in [1.807, 2.05) is 24.3 Å². The van der Waals surface area contributed by atoms with E-state index in [2.05, 4.69) is 10.3 Å². The fourth-order valence-corrected chi connectivity index (χ4v) is 6.72. The van der Waals surface area contributed by atoms with E-state index < -0.39 is 84.8 Å². The molecule has 2 unspecified atom stereocenters. The first-order valence-corrected chi connectivity index (χ1v) is 17.1. The lowest BCUT2D eigenvalue weighted by Crippen LogP contribution is -2.43. The van der Waals surface area contributed by atoms with Crippen molar-refractivity contribution in [2.24, 2.45) is 7.05 Å². The Bertz CT molecular complexity index is 2570. The molecule has 0 radical (unpaired) electrons. The summed E-state index contributed by atoms with van der Waals surface area (Å²) in [5.74, 6) is 0. The normalized spacial score (nSPS) is 25.1. The van der Waals surface area contributed by atoms with Crippen molar-refractivity contribution in [2.75, 3.05) is 13.2 Å². The van der Waals surface area contributed by atoms with Gasteiger partial charge in [0.15, 0.2) is 18.0 Å². The molecule has 0 spiro atoms. The minimum absolute atomic E-state index is 0.0609. The molecule has 2 aliphatic heterocycles. The highest BCUT2D eigenvalue weighted by molar-refractivity contribution is 5.82. The minimum Gasteiger partial charge on any atom is -0.394 e. The van der Waals surface area contributed by atoms with Gasteiger partial charge in [0.05, 0.1) is 37.5 Å². The third-order valence-electron chi connectivity index (χ3n) is 9.68. The van der Waals surface area contributed by atoms with E-state index in [9.17, 15) is 49.8 Å². The third kappa shape index (κ3) is 6.85. The van der Waals surface area contributed by atoms with Crippen LogP contribution in [0.2, 0.25) is 0 Å². The standard InChI is InChI=1S/C18H20N4O6.C17H17N3O7/c1-20-12-5-3-2-4-10(12)11(19-20)8-22-14(24)6-7-21(18(22)27)17-16(26)15(25)13(9-23)28-17;21-8-12-14(23)15(24)16(26-12)19-6-5-13(22)20(17(19)25)7-10-9-3-1-2-4-11(9)27-18-10/h2-7,13,15-17,23,25-26H,8-9H2,1H3;1-6,12,14-16,21,23-24H,7-8H2/t13-,15?,16+,17-;12-,14?,15+,16-/m11/s1. The molecule has 4 aromatic heterocycles. The van der Waals surface area contributed by atoms with Crippen molar-refractivity contribution in [2.45, 2.75) is 62.2 Å². The van der Waals surface area contributed by atoms with Crippen molar-refractivity contribution in [1.29, 1.82) is 0 Å². The maximum atomic E-state index is 12.9. The summed E-state index contributed by atoms with van der Waals surface area (Å²) in [4.78, 5) is 50.3. The Morgan fingerprint density at radius 3 is 1.65 bits per heavy atom. The monoisotopic (exact) mass is 763 g/mol. The van der Waals surface area contributed by atoms with Gasteiger partial charge in [-0.25, -0.2) is 9.59 Å². The molecule has 8 rings (SSSR count). The SMILES string of the molecule is Cn1nc(Cn2c(=O)ccn([C@@H]3O[C@H](CO)C(O)[C@@H]3O)c2=O)c2ccccc21.O=c1ccn([C@@H]2O[C@H](CO)C(O)[C@@H]2O)c(=O)n1Cc1noc2ccccc12. The van der Waals surface area contributed by atoms with Gasteiger partial charge in [-0.1, -0.05) is 35.5 Å². The number of hydrogen-bond acceptors (Lipinski definition) is 15. The number of nitrogens with zero attached hydrogens (tertiary/aromatic N) is 7. The topological polar surface area (TPSA) is 272 Å². The lowest BCUT2D eigenvalue weighted by molar-refractivity contribution is -0.0555. The van der Waals surface area contributed by atoms with Crippen molar-refractivity contribution in [3.8, 4) is 0 Å². The number of aromatic nitrogens is 7. The number of aliphatic hydroxyl groups is 6. The number of aliphatic hydroxyl groups excluding tert-OH is 6. The quantitative estimate of drug-likeness (QED) is 0.0926. The molecule has 290 valence electrons. The molecule has 2 aliphatic rings. The Morgan fingerprint density at radius 1 is 0.636 bits per heavy atom. The van der Waals surface area contributed by atoms with Crippen LogP contribution in [0.3, 0.4) is 0 Å². The van der Waals surface area contributed by atoms with Crippen molar-refractivity contribution in [3.05, 3.63) is 126 Å². The molecule has 2 aromatic carbocycles. The van der Waals surface area contributed by atoms with Gasteiger partial charge in [-0.05, 0) is 18.2 Å². The molecule has 8 atom stereocenters. The van der Waals surface area contributed by atoms with Gasteiger partial charge in [-0.2, -0.15) is 5.10 Å². The molecular weight excluding hydrogens is 726 g/mol. The van der Waals surface area contributed by atoms with Crippen LogP contribution in [0.5, 0.6) is 0 Å². The van der Waals surface area contributed by atoms with Crippen LogP contribution in [-0.2, 0) is 29.6 Å². The molecule has 0 saturated carbocycles. The predicted molar refractivity (Wildman–Crippen MR) is 189 cm³/mol. The molecule has 6 N–H and O–H groups in total. The van der Waals surface area contributed by atoms with Crippen LogP contribution in [0.15, 0.2) is 96.8 Å². The van der Waals surface area contributed by atoms with Gasteiger partial charge < -0.3 is 44.6 Å². The molecule has 0 bridgehead atoms. The summed E-state index contributed by atoms with van der Waals surface area (Å²) in [6.45, 7) is -1.23. The number of hydrogen-bond donors (Lipinski definition) is 6. The van der Waals surface area contributed by atoms with Crippen LogP contribution in [0.4, 0.5) is 0 Å². The Kier molecular flexibility index (Phi) is 10.5. The molecule has 55 heavy (non-hydrogen) atoms. The van der Waals surface area contributed by atoms with Gasteiger partial charge in [-0.3, -0.25) is 32.5 Å². The molecule has 2 saturated heterocycles. The highest BCUT2D eigenvalue weighted by atomic mass is 16.6. The second-order valence-corrected chi connectivity index (χ2v) is 13.0. The Balaban J connectivity index is 0.000000169. The maximum Gasteiger partial charge on any atom is 0.333 e. The number of aryl methyl sites for hydroxylation is 1. The first kappa shape index (κ1) is 37.7. The Labute approximate surface area is 308 Å². The van der Waals surface area contributed by atoms with E-state index in [1.165, 1.54) is 18.5 Å². The van der Waals surface area contributed by atoms with Crippen LogP contribution >= 0.6 is 0 Å². The van der Waals surface area contributed by atoms with Crippen molar-refractivity contribution in [3.63, 3.8) is 0 Å². The summed E-state index contributed by atoms with van der Waals surface area (Å²) in [5, 5.41) is 68.4. The average Bonchev–Trinajstić information content (AvgIpc) is 3.91. The number of rotatable bonds is 8. The zero-order valence-electron chi connectivity index (χ0n) is 29.0. The number of benzene rings is 2. The predicted octanol–water partition coefficient (Wildman–Crippen LogP) is -2.63. The van der Waals surface area contributed by atoms with Gasteiger partial charge in [0.1, 0.15) is 42.3 Å². The lowest BCUT2D eigenvalue weighted by atomic mass is 10.1. The Hall–Kier alpha value is -5.58. The van der Waals surface area contributed by atoms with Gasteiger partial charge in [0.25, 0.3) is 11.1 Å². The summed E-state index contributed by atoms with van der Waals surface area (Å²) in [6.07, 6.45) is -7.66. The molecule has 0 aliphatic carbocycles. The summed E-state index contributed by atoms with van der Waals surface area (Å²) in [5.41, 5.74) is -0.190. The molecule has 20 nitrogen and oxygen atoms in total. The van der Waals surface area contributed by atoms with Gasteiger partial charge in [-0.15, -0.1) is 0 Å². The van der Waals surface area contributed by atoms with Crippen LogP contribution in [0.1, 0.15) is 23.8 Å². The zero-order valence-corrected chi connectivity index (χ0v) is 29.0. The van der Waals surface area contributed by atoms with Crippen LogP contribution in [-0.4, -0.2) is 114 Å². The molecule has 6 aromatic rings. The van der Waals surface area contributed by atoms with E-state index >= 15 is 0 Å². The van der Waals surface area contributed by atoms with Crippen molar-refractivity contribution < 1.29 is 44.6 Å². The summed E-state index contributed by atoms with van der Waals surface area (Å²) >= 11 is 0. The van der Waals surface area contributed by atoms with E-state index in [0.717, 1.165) is 35.2 Å². The average molecular weight is 764 g/mol. The van der Waals surface area contributed by atoms with E-state index in [1.54, 1.807) is 36.0 Å². The molecule has 2 fully saturated rings. The third-order valence-corrected chi connectivity index (χ3v) is 9.68. The van der Waals surface area contributed by atoms with Crippen molar-refractivity contribution >= 4 is 21.9 Å². The summed E-state index contributed by atoms with van der Waals surface area (Å²) in [7, 11) is 1.77. The zero-order chi connectivity index (χ0) is 39.1. The summed E-state index contributed by atoms with van der Waals surface area (Å²) in [6, 6.07) is 16.8. The smallest absolute Gasteiger partial charge is 0.333 e. The summed E-state index contributed by atoms with van der Waals surface area (Å²) < 4.78 is 21.6. The van der Waals surface area contributed by atoms with Gasteiger partial charge in [0, 0.05) is 42.3 Å². The van der Waals surface area contributed by atoms with Gasteiger partial charge in [0.2, 0.25) is 0 Å². The molecule has 6 heterocycles. The first-order chi connectivity index (χ1) is 26.4. The van der Waals surface area contributed by atoms with Crippen molar-refractivity contribution in [1.82, 2.24) is 33.2 Å². The number of fused-ring (bicyclic) bond motifs is 2. The fourth-order valence-electron chi connectivity index (χ4n) is 6.72. The molecule has 0 amide bonds.